The predicted octanol–water partition coefficient (Wildman–Crippen LogP) is 3.98. The summed E-state index contributed by atoms with van der Waals surface area (Å²) in [6.45, 7) is 3.65. The zero-order valence-corrected chi connectivity index (χ0v) is 12.3. The van der Waals surface area contributed by atoms with Crippen molar-refractivity contribution < 1.29 is 4.79 Å². The average molecular weight is 319 g/mol. The molecule has 0 saturated heterocycles. The summed E-state index contributed by atoms with van der Waals surface area (Å²) in [4.78, 5) is 14.1. The molecule has 1 rings (SSSR count). The van der Waals surface area contributed by atoms with Crippen LogP contribution in [0.15, 0.2) is 24.3 Å². The molecule has 17 heavy (non-hydrogen) atoms. The molecule has 0 bridgehead atoms. The molecule has 0 heterocycles. The number of halogens is 2. The maximum atomic E-state index is 12.2. The Balaban J connectivity index is 2.76. The van der Waals surface area contributed by atoms with Crippen LogP contribution in [0.1, 0.15) is 30.1 Å². The van der Waals surface area contributed by atoms with Gasteiger partial charge in [-0.25, -0.2) is 0 Å². The fraction of sp³-hybridized carbons (Fsp3) is 0.462. The van der Waals surface area contributed by atoms with Gasteiger partial charge in [0.25, 0.3) is 5.91 Å². The van der Waals surface area contributed by atoms with Crippen LogP contribution in [0, 0.1) is 0 Å². The van der Waals surface area contributed by atoms with E-state index in [0.29, 0.717) is 10.6 Å². The van der Waals surface area contributed by atoms with Crippen LogP contribution in [0.2, 0.25) is 5.02 Å². The Morgan fingerprint density at radius 3 is 2.76 bits per heavy atom. The number of hydrogen-bond donors (Lipinski definition) is 0. The second-order valence-corrected chi connectivity index (χ2v) is 5.07. The molecule has 0 unspecified atom stereocenters. The number of carbonyl (C=O) groups excluding carboxylic acids is 1. The molecule has 1 aromatic rings. The Morgan fingerprint density at radius 2 is 2.18 bits per heavy atom. The van der Waals surface area contributed by atoms with Crippen molar-refractivity contribution in [2.24, 2.45) is 0 Å². The Hall–Kier alpha value is -0.540. The van der Waals surface area contributed by atoms with Gasteiger partial charge in [-0.1, -0.05) is 46.9 Å². The van der Waals surface area contributed by atoms with Gasteiger partial charge in [0.15, 0.2) is 0 Å². The fourth-order valence-corrected chi connectivity index (χ4v) is 2.19. The van der Waals surface area contributed by atoms with E-state index in [1.165, 1.54) is 0 Å². The lowest BCUT2D eigenvalue weighted by molar-refractivity contribution is 0.0764. The minimum Gasteiger partial charge on any atom is -0.338 e. The Kier molecular flexibility index (Phi) is 6.60. The molecule has 1 amide bonds. The summed E-state index contributed by atoms with van der Waals surface area (Å²) >= 11 is 9.27. The van der Waals surface area contributed by atoms with E-state index in [1.807, 2.05) is 11.0 Å². The first-order valence-corrected chi connectivity index (χ1v) is 7.29. The molecule has 2 nitrogen and oxygen atoms in total. The van der Waals surface area contributed by atoms with Crippen molar-refractivity contribution in [1.29, 1.82) is 0 Å². The molecular formula is C13H17BrClNO. The second-order valence-electron chi connectivity index (χ2n) is 3.85. The van der Waals surface area contributed by atoms with Crippen molar-refractivity contribution in [3.8, 4) is 0 Å². The molecule has 0 aliphatic carbocycles. The highest BCUT2D eigenvalue weighted by Crippen LogP contribution is 2.13. The number of alkyl halides is 1. The van der Waals surface area contributed by atoms with Gasteiger partial charge >= 0.3 is 0 Å². The van der Waals surface area contributed by atoms with Gasteiger partial charge in [-0.05, 0) is 24.6 Å². The van der Waals surface area contributed by atoms with Gasteiger partial charge in [0.2, 0.25) is 0 Å². The minimum absolute atomic E-state index is 0.0559. The topological polar surface area (TPSA) is 20.3 Å². The first kappa shape index (κ1) is 14.5. The molecule has 1 aromatic carbocycles. The minimum atomic E-state index is 0.0559. The van der Waals surface area contributed by atoms with Crippen molar-refractivity contribution in [2.75, 3.05) is 18.4 Å². The molecule has 0 N–H and O–H groups in total. The van der Waals surface area contributed by atoms with Gasteiger partial charge in [-0.15, -0.1) is 0 Å². The third-order valence-electron chi connectivity index (χ3n) is 2.49. The standard InChI is InChI=1S/C13H17BrClNO/c1-2-3-8-16(9-7-14)13(17)11-5-4-6-12(15)10-11/h4-6,10H,2-3,7-9H2,1H3. The van der Waals surface area contributed by atoms with Gasteiger partial charge in [-0.3, -0.25) is 4.79 Å². The number of benzene rings is 1. The van der Waals surface area contributed by atoms with Crippen LogP contribution in [0.4, 0.5) is 0 Å². The predicted molar refractivity (Wildman–Crippen MR) is 76.1 cm³/mol. The molecule has 0 aliphatic rings. The van der Waals surface area contributed by atoms with Gasteiger partial charge in [0, 0.05) is 29.0 Å². The molecule has 0 atom stereocenters. The Bertz CT molecular complexity index is 370. The van der Waals surface area contributed by atoms with Crippen LogP contribution in [0.25, 0.3) is 0 Å². The van der Waals surface area contributed by atoms with E-state index in [9.17, 15) is 4.79 Å². The van der Waals surface area contributed by atoms with Crippen LogP contribution in [-0.2, 0) is 0 Å². The molecule has 0 fully saturated rings. The van der Waals surface area contributed by atoms with E-state index in [2.05, 4.69) is 22.9 Å². The van der Waals surface area contributed by atoms with Gasteiger partial charge in [0.05, 0.1) is 0 Å². The number of amides is 1. The highest BCUT2D eigenvalue weighted by Gasteiger charge is 2.14. The second kappa shape index (κ2) is 7.72. The van der Waals surface area contributed by atoms with E-state index >= 15 is 0 Å². The van der Waals surface area contributed by atoms with Crippen LogP contribution < -0.4 is 0 Å². The van der Waals surface area contributed by atoms with E-state index in [1.54, 1.807) is 18.2 Å². The van der Waals surface area contributed by atoms with Crippen molar-refractivity contribution in [3.63, 3.8) is 0 Å². The quantitative estimate of drug-likeness (QED) is 0.727. The molecule has 4 heteroatoms. The monoisotopic (exact) mass is 317 g/mol. The summed E-state index contributed by atoms with van der Waals surface area (Å²) in [6, 6.07) is 7.11. The average Bonchev–Trinajstić information content (AvgIpc) is 2.33. The zero-order valence-electron chi connectivity index (χ0n) is 9.96. The first-order valence-electron chi connectivity index (χ1n) is 5.79. The lowest BCUT2D eigenvalue weighted by Gasteiger charge is -2.21. The number of nitrogens with zero attached hydrogens (tertiary/aromatic N) is 1. The molecule has 0 aromatic heterocycles. The number of carbonyl (C=O) groups is 1. The van der Waals surface area contributed by atoms with E-state index in [0.717, 1.165) is 31.3 Å². The first-order chi connectivity index (χ1) is 8.19. The van der Waals surface area contributed by atoms with Crippen molar-refractivity contribution in [3.05, 3.63) is 34.9 Å². The van der Waals surface area contributed by atoms with Gasteiger partial charge in [-0.2, -0.15) is 0 Å². The lowest BCUT2D eigenvalue weighted by Crippen LogP contribution is -2.33. The summed E-state index contributed by atoms with van der Waals surface area (Å²) in [6.07, 6.45) is 2.11. The molecule has 0 aliphatic heterocycles. The zero-order chi connectivity index (χ0) is 12.7. The van der Waals surface area contributed by atoms with Gasteiger partial charge < -0.3 is 4.90 Å². The smallest absolute Gasteiger partial charge is 0.253 e. The summed E-state index contributed by atoms with van der Waals surface area (Å²) in [5.74, 6) is 0.0559. The van der Waals surface area contributed by atoms with Crippen molar-refractivity contribution >= 4 is 33.4 Å². The van der Waals surface area contributed by atoms with Crippen LogP contribution in [-0.4, -0.2) is 29.2 Å². The van der Waals surface area contributed by atoms with Gasteiger partial charge in [0.1, 0.15) is 0 Å². The van der Waals surface area contributed by atoms with E-state index in [-0.39, 0.29) is 5.91 Å². The highest BCUT2D eigenvalue weighted by molar-refractivity contribution is 9.09. The normalized spacial score (nSPS) is 10.3. The molecule has 0 saturated carbocycles. The van der Waals surface area contributed by atoms with E-state index in [4.69, 9.17) is 11.6 Å². The lowest BCUT2D eigenvalue weighted by atomic mass is 10.2. The maximum absolute atomic E-state index is 12.2. The largest absolute Gasteiger partial charge is 0.338 e. The molecule has 0 spiro atoms. The summed E-state index contributed by atoms with van der Waals surface area (Å²) < 4.78 is 0. The SMILES string of the molecule is CCCCN(CCBr)C(=O)c1cccc(Cl)c1. The van der Waals surface area contributed by atoms with E-state index < -0.39 is 0 Å². The van der Waals surface area contributed by atoms with Crippen molar-refractivity contribution in [1.82, 2.24) is 4.90 Å². The van der Waals surface area contributed by atoms with Crippen LogP contribution >= 0.6 is 27.5 Å². The number of rotatable bonds is 6. The van der Waals surface area contributed by atoms with Crippen LogP contribution in [0.5, 0.6) is 0 Å². The number of hydrogen-bond acceptors (Lipinski definition) is 1. The number of unbranched alkanes of at least 4 members (excludes halogenated alkanes) is 1. The summed E-state index contributed by atoms with van der Waals surface area (Å²) in [5, 5.41) is 1.40. The molecule has 0 radical (unpaired) electrons. The molecular weight excluding hydrogens is 302 g/mol. The van der Waals surface area contributed by atoms with Crippen molar-refractivity contribution in [2.45, 2.75) is 19.8 Å². The highest BCUT2D eigenvalue weighted by atomic mass is 79.9. The summed E-state index contributed by atoms with van der Waals surface area (Å²) in [5.41, 5.74) is 0.662. The molecule has 94 valence electrons. The third-order valence-corrected chi connectivity index (χ3v) is 3.08. The summed E-state index contributed by atoms with van der Waals surface area (Å²) in [7, 11) is 0. The Labute approximate surface area is 116 Å². The Morgan fingerprint density at radius 1 is 1.41 bits per heavy atom. The maximum Gasteiger partial charge on any atom is 0.253 e. The van der Waals surface area contributed by atoms with Crippen LogP contribution in [0.3, 0.4) is 0 Å². The fourth-order valence-electron chi connectivity index (χ4n) is 1.57. The third kappa shape index (κ3) is 4.68.